The zero-order chi connectivity index (χ0) is 12.4. The van der Waals surface area contributed by atoms with E-state index in [2.05, 4.69) is 25.1 Å². The molecule has 2 atom stereocenters. The molecule has 0 saturated heterocycles. The summed E-state index contributed by atoms with van der Waals surface area (Å²) in [4.78, 5) is 10.9. The van der Waals surface area contributed by atoms with Gasteiger partial charge in [-0.25, -0.2) is 9.86 Å². The smallest absolute Gasteiger partial charge is 0.338 e. The first-order valence-electron chi connectivity index (χ1n) is 5.92. The molecule has 0 heterocycles. The maximum atomic E-state index is 10.9. The van der Waals surface area contributed by atoms with Crippen molar-refractivity contribution in [3.8, 4) is 0 Å². The van der Waals surface area contributed by atoms with Crippen LogP contribution < -0.4 is 5.73 Å². The molecule has 0 bridgehead atoms. The lowest BCUT2D eigenvalue weighted by molar-refractivity contribution is -0.0730. The zero-order valence-electron chi connectivity index (χ0n) is 9.97. The quantitative estimate of drug-likeness (QED) is 0.609. The lowest BCUT2D eigenvalue weighted by Gasteiger charge is -2.20. The minimum Gasteiger partial charge on any atom is -0.350 e. The predicted molar refractivity (Wildman–Crippen MR) is 64.8 cm³/mol. The van der Waals surface area contributed by atoms with E-state index in [-0.39, 0.29) is 6.04 Å². The summed E-state index contributed by atoms with van der Waals surface area (Å²) in [6.45, 7) is 2.07. The van der Waals surface area contributed by atoms with Gasteiger partial charge in [0.15, 0.2) is 0 Å². The third-order valence-electron chi connectivity index (χ3n) is 3.49. The number of hydroxylamine groups is 2. The second-order valence-corrected chi connectivity index (χ2v) is 4.76. The molecule has 1 aliphatic carbocycles. The summed E-state index contributed by atoms with van der Waals surface area (Å²) in [5, 5.41) is 10.2. The van der Waals surface area contributed by atoms with Crippen LogP contribution in [-0.2, 0) is 0 Å². The van der Waals surface area contributed by atoms with Crippen molar-refractivity contribution in [2.45, 2.75) is 38.1 Å². The highest BCUT2D eigenvalue weighted by atomic mass is 16.5. The van der Waals surface area contributed by atoms with Gasteiger partial charge in [-0.2, -0.15) is 0 Å². The van der Waals surface area contributed by atoms with Crippen LogP contribution in [0.2, 0.25) is 0 Å². The summed E-state index contributed by atoms with van der Waals surface area (Å²) in [7, 11) is 0. The molecular weight excluding hydrogens is 216 g/mol. The fourth-order valence-corrected chi connectivity index (χ4v) is 2.59. The van der Waals surface area contributed by atoms with Gasteiger partial charge in [0.05, 0.1) is 6.04 Å². The van der Waals surface area contributed by atoms with Crippen molar-refractivity contribution < 1.29 is 10.0 Å². The number of rotatable bonds is 2. The topological polar surface area (TPSA) is 66.6 Å². The van der Waals surface area contributed by atoms with Gasteiger partial charge in [0, 0.05) is 0 Å². The Morgan fingerprint density at radius 1 is 1.47 bits per heavy atom. The molecule has 0 aliphatic heterocycles. The van der Waals surface area contributed by atoms with Gasteiger partial charge in [-0.05, 0) is 37.7 Å². The number of primary amides is 1. The van der Waals surface area contributed by atoms with Crippen LogP contribution in [0.3, 0.4) is 0 Å². The van der Waals surface area contributed by atoms with E-state index in [0.717, 1.165) is 19.3 Å². The number of urea groups is 1. The number of carbonyl (C=O) groups is 1. The SMILES string of the molecule is Cc1cccc([C@@H]2CC[C@H](N(O)C(N)=O)C2)c1. The maximum Gasteiger partial charge on any atom is 0.338 e. The van der Waals surface area contributed by atoms with E-state index in [1.807, 2.05) is 6.07 Å². The van der Waals surface area contributed by atoms with Crippen LogP contribution in [0.25, 0.3) is 0 Å². The van der Waals surface area contributed by atoms with E-state index in [4.69, 9.17) is 5.73 Å². The Balaban J connectivity index is 2.05. The molecule has 2 amide bonds. The molecule has 0 aromatic heterocycles. The van der Waals surface area contributed by atoms with E-state index >= 15 is 0 Å². The normalized spacial score (nSPS) is 23.6. The molecule has 3 N–H and O–H groups in total. The Morgan fingerprint density at radius 3 is 2.88 bits per heavy atom. The van der Waals surface area contributed by atoms with Crippen LogP contribution in [0.15, 0.2) is 24.3 Å². The van der Waals surface area contributed by atoms with E-state index in [9.17, 15) is 10.0 Å². The zero-order valence-corrected chi connectivity index (χ0v) is 9.97. The van der Waals surface area contributed by atoms with Crippen LogP contribution in [0, 0.1) is 6.92 Å². The van der Waals surface area contributed by atoms with Crippen molar-refractivity contribution in [1.29, 1.82) is 0 Å². The van der Waals surface area contributed by atoms with Crippen LogP contribution >= 0.6 is 0 Å². The molecule has 1 fully saturated rings. The highest BCUT2D eigenvalue weighted by Crippen LogP contribution is 2.36. The Bertz CT molecular complexity index is 420. The van der Waals surface area contributed by atoms with Crippen molar-refractivity contribution in [2.24, 2.45) is 5.73 Å². The molecule has 92 valence electrons. The monoisotopic (exact) mass is 234 g/mol. The molecule has 4 nitrogen and oxygen atoms in total. The second kappa shape index (κ2) is 4.75. The number of aryl methyl sites for hydroxylation is 1. The Morgan fingerprint density at radius 2 is 2.24 bits per heavy atom. The number of carbonyl (C=O) groups excluding carboxylic acids is 1. The largest absolute Gasteiger partial charge is 0.350 e. The first-order valence-corrected chi connectivity index (χ1v) is 5.92. The van der Waals surface area contributed by atoms with Crippen LogP contribution in [0.5, 0.6) is 0 Å². The van der Waals surface area contributed by atoms with E-state index in [0.29, 0.717) is 11.0 Å². The number of nitrogens with two attached hydrogens (primary N) is 1. The van der Waals surface area contributed by atoms with Gasteiger partial charge in [-0.3, -0.25) is 5.21 Å². The number of hydrogen-bond acceptors (Lipinski definition) is 2. The fraction of sp³-hybridized carbons (Fsp3) is 0.462. The molecule has 1 aromatic carbocycles. The molecule has 0 spiro atoms. The third-order valence-corrected chi connectivity index (χ3v) is 3.49. The first kappa shape index (κ1) is 11.9. The molecular formula is C13H18N2O2. The number of amides is 2. The van der Waals surface area contributed by atoms with Crippen molar-refractivity contribution in [3.05, 3.63) is 35.4 Å². The Hall–Kier alpha value is -1.55. The molecule has 17 heavy (non-hydrogen) atoms. The number of hydrogen-bond donors (Lipinski definition) is 2. The van der Waals surface area contributed by atoms with Gasteiger partial charge in [-0.1, -0.05) is 29.8 Å². The molecule has 1 saturated carbocycles. The Kier molecular flexibility index (Phi) is 3.33. The van der Waals surface area contributed by atoms with Gasteiger partial charge >= 0.3 is 6.03 Å². The highest BCUT2D eigenvalue weighted by Gasteiger charge is 2.31. The predicted octanol–water partition coefficient (Wildman–Crippen LogP) is 2.40. The van der Waals surface area contributed by atoms with Crippen molar-refractivity contribution in [1.82, 2.24) is 5.06 Å². The number of benzene rings is 1. The van der Waals surface area contributed by atoms with E-state index < -0.39 is 6.03 Å². The van der Waals surface area contributed by atoms with Crippen molar-refractivity contribution in [3.63, 3.8) is 0 Å². The summed E-state index contributed by atoms with van der Waals surface area (Å²) in [6, 6.07) is 7.48. The van der Waals surface area contributed by atoms with E-state index in [1.165, 1.54) is 11.1 Å². The van der Waals surface area contributed by atoms with Gasteiger partial charge in [0.25, 0.3) is 0 Å². The summed E-state index contributed by atoms with van der Waals surface area (Å²) in [5.74, 6) is 0.411. The molecule has 1 aromatic rings. The van der Waals surface area contributed by atoms with Gasteiger partial charge in [0.2, 0.25) is 0 Å². The lowest BCUT2D eigenvalue weighted by atomic mass is 9.96. The standard InChI is InChI=1S/C13H18N2O2/c1-9-3-2-4-10(7-9)11-5-6-12(8-11)15(17)13(14)16/h2-4,7,11-12,17H,5-6,8H2,1H3,(H2,14,16)/t11-,12+/m1/s1. The summed E-state index contributed by atoms with van der Waals surface area (Å²) >= 11 is 0. The van der Waals surface area contributed by atoms with Crippen LogP contribution in [-0.4, -0.2) is 22.3 Å². The first-order chi connectivity index (χ1) is 8.08. The minimum absolute atomic E-state index is 0.141. The highest BCUT2D eigenvalue weighted by molar-refractivity contribution is 5.70. The van der Waals surface area contributed by atoms with Gasteiger partial charge < -0.3 is 5.73 Å². The summed E-state index contributed by atoms with van der Waals surface area (Å²) in [6.07, 6.45) is 2.57. The fourth-order valence-electron chi connectivity index (χ4n) is 2.59. The van der Waals surface area contributed by atoms with Crippen molar-refractivity contribution >= 4 is 6.03 Å². The van der Waals surface area contributed by atoms with Crippen LogP contribution in [0.1, 0.15) is 36.3 Å². The second-order valence-electron chi connectivity index (χ2n) is 4.76. The maximum absolute atomic E-state index is 10.9. The third kappa shape index (κ3) is 2.58. The van der Waals surface area contributed by atoms with Gasteiger partial charge in [-0.15, -0.1) is 0 Å². The molecule has 0 radical (unpaired) electrons. The Labute approximate surface area is 101 Å². The van der Waals surface area contributed by atoms with Crippen LogP contribution in [0.4, 0.5) is 4.79 Å². The van der Waals surface area contributed by atoms with Crippen molar-refractivity contribution in [2.75, 3.05) is 0 Å². The average Bonchev–Trinajstić information content (AvgIpc) is 2.77. The molecule has 1 aliphatic rings. The van der Waals surface area contributed by atoms with E-state index in [1.54, 1.807) is 0 Å². The summed E-state index contributed by atoms with van der Waals surface area (Å²) in [5.41, 5.74) is 7.58. The molecule has 4 heteroatoms. The number of nitrogens with zero attached hydrogens (tertiary/aromatic N) is 1. The molecule has 2 rings (SSSR count). The minimum atomic E-state index is -0.764. The average molecular weight is 234 g/mol. The lowest BCUT2D eigenvalue weighted by Crippen LogP contribution is -2.39. The summed E-state index contributed by atoms with van der Waals surface area (Å²) < 4.78 is 0. The molecule has 0 unspecified atom stereocenters. The van der Waals surface area contributed by atoms with Gasteiger partial charge in [0.1, 0.15) is 0 Å².